The van der Waals surface area contributed by atoms with Crippen molar-refractivity contribution in [2.24, 2.45) is 5.92 Å². The first-order valence-corrected chi connectivity index (χ1v) is 11.8. The lowest BCUT2D eigenvalue weighted by atomic mass is 10.0. The largest absolute Gasteiger partial charge is 0.376 e. The Labute approximate surface area is 179 Å². The Kier molecular flexibility index (Phi) is 7.26. The van der Waals surface area contributed by atoms with Gasteiger partial charge in [-0.05, 0) is 56.2 Å². The summed E-state index contributed by atoms with van der Waals surface area (Å²) in [5.41, 5.74) is 2.31. The van der Waals surface area contributed by atoms with Gasteiger partial charge in [0.05, 0.1) is 11.7 Å². The van der Waals surface area contributed by atoms with Crippen LogP contribution in [0.1, 0.15) is 74.6 Å². The number of amides is 2. The smallest absolute Gasteiger partial charge is 0.253 e. The minimum atomic E-state index is -0.0885. The fourth-order valence-electron chi connectivity index (χ4n) is 4.99. The molecule has 30 heavy (non-hydrogen) atoms. The number of anilines is 2. The van der Waals surface area contributed by atoms with Gasteiger partial charge in [0.15, 0.2) is 0 Å². The molecule has 1 aromatic rings. The average molecular weight is 414 g/mol. The predicted octanol–water partition coefficient (Wildman–Crippen LogP) is 4.10. The lowest BCUT2D eigenvalue weighted by Crippen LogP contribution is -2.33. The molecule has 0 bridgehead atoms. The summed E-state index contributed by atoms with van der Waals surface area (Å²) in [5, 5.41) is 6.06. The molecule has 0 radical (unpaired) electrons. The number of nitrogens with zero attached hydrogens (tertiary/aromatic N) is 1. The van der Waals surface area contributed by atoms with Crippen molar-refractivity contribution in [3.05, 3.63) is 23.8 Å². The van der Waals surface area contributed by atoms with Crippen molar-refractivity contribution in [2.75, 3.05) is 36.5 Å². The SMILES string of the molecule is O=C(CCC1CCCC1)Nc1ccc(N2CCCC2)c(C(=O)NC[C@@H]2CCCO2)c1. The summed E-state index contributed by atoms with van der Waals surface area (Å²) in [6.45, 7) is 3.26. The summed E-state index contributed by atoms with van der Waals surface area (Å²) in [7, 11) is 0. The van der Waals surface area contributed by atoms with Gasteiger partial charge in [-0.15, -0.1) is 0 Å². The highest BCUT2D eigenvalue weighted by Gasteiger charge is 2.23. The Bertz CT molecular complexity index is 733. The molecule has 1 aromatic carbocycles. The molecule has 3 aliphatic rings. The van der Waals surface area contributed by atoms with Gasteiger partial charge in [0.25, 0.3) is 5.91 Å². The van der Waals surface area contributed by atoms with Gasteiger partial charge in [0.2, 0.25) is 5.91 Å². The third-order valence-corrected chi connectivity index (χ3v) is 6.74. The summed E-state index contributed by atoms with van der Waals surface area (Å²) in [4.78, 5) is 27.7. The first-order valence-electron chi connectivity index (χ1n) is 11.8. The second kappa shape index (κ2) is 10.3. The van der Waals surface area contributed by atoms with Gasteiger partial charge in [-0.2, -0.15) is 0 Å². The summed E-state index contributed by atoms with van der Waals surface area (Å²) in [5.74, 6) is 0.656. The fraction of sp³-hybridized carbons (Fsp3) is 0.667. The maximum absolute atomic E-state index is 13.0. The Hall–Kier alpha value is -2.08. The van der Waals surface area contributed by atoms with Crippen LogP contribution in [0.15, 0.2) is 18.2 Å². The van der Waals surface area contributed by atoms with Crippen LogP contribution in [0.3, 0.4) is 0 Å². The van der Waals surface area contributed by atoms with E-state index in [0.29, 0.717) is 30.1 Å². The van der Waals surface area contributed by atoms with E-state index in [1.807, 2.05) is 18.2 Å². The van der Waals surface area contributed by atoms with Crippen LogP contribution in [-0.4, -0.2) is 44.2 Å². The van der Waals surface area contributed by atoms with Crippen LogP contribution in [0.25, 0.3) is 0 Å². The number of ether oxygens (including phenoxy) is 1. The molecule has 1 atom stereocenters. The Morgan fingerprint density at radius 1 is 1.03 bits per heavy atom. The minimum Gasteiger partial charge on any atom is -0.376 e. The Morgan fingerprint density at radius 3 is 2.57 bits per heavy atom. The van der Waals surface area contributed by atoms with Crippen LogP contribution in [0.4, 0.5) is 11.4 Å². The van der Waals surface area contributed by atoms with Crippen LogP contribution in [-0.2, 0) is 9.53 Å². The zero-order chi connectivity index (χ0) is 20.8. The first-order chi connectivity index (χ1) is 14.7. The van der Waals surface area contributed by atoms with E-state index in [1.165, 1.54) is 25.7 Å². The average Bonchev–Trinajstić information content (AvgIpc) is 3.54. The molecule has 1 aliphatic carbocycles. The molecule has 6 heteroatoms. The van der Waals surface area contributed by atoms with Gasteiger partial charge in [0.1, 0.15) is 0 Å². The lowest BCUT2D eigenvalue weighted by molar-refractivity contribution is -0.116. The molecule has 4 rings (SSSR count). The maximum atomic E-state index is 13.0. The number of rotatable bonds is 8. The Balaban J connectivity index is 1.41. The van der Waals surface area contributed by atoms with Crippen LogP contribution >= 0.6 is 0 Å². The molecule has 2 heterocycles. The molecule has 2 amide bonds. The van der Waals surface area contributed by atoms with Crippen molar-refractivity contribution in [1.82, 2.24) is 5.32 Å². The van der Waals surface area contributed by atoms with Crippen LogP contribution in [0.2, 0.25) is 0 Å². The maximum Gasteiger partial charge on any atom is 0.253 e. The molecule has 2 N–H and O–H groups in total. The zero-order valence-electron chi connectivity index (χ0n) is 18.0. The molecule has 0 unspecified atom stereocenters. The molecule has 1 saturated carbocycles. The number of carbonyl (C=O) groups excluding carboxylic acids is 2. The third-order valence-electron chi connectivity index (χ3n) is 6.74. The van der Waals surface area contributed by atoms with Crippen molar-refractivity contribution in [2.45, 2.75) is 70.3 Å². The molecule has 2 aliphatic heterocycles. The van der Waals surface area contributed by atoms with Gasteiger partial charge in [-0.1, -0.05) is 25.7 Å². The second-order valence-electron chi connectivity index (χ2n) is 9.01. The van der Waals surface area contributed by atoms with E-state index < -0.39 is 0 Å². The van der Waals surface area contributed by atoms with Gasteiger partial charge in [-0.3, -0.25) is 9.59 Å². The number of hydrogen-bond donors (Lipinski definition) is 2. The zero-order valence-corrected chi connectivity index (χ0v) is 18.0. The van der Waals surface area contributed by atoms with E-state index >= 15 is 0 Å². The molecular weight excluding hydrogens is 378 g/mol. The number of nitrogens with one attached hydrogen (secondary N) is 2. The van der Waals surface area contributed by atoms with E-state index in [-0.39, 0.29) is 17.9 Å². The summed E-state index contributed by atoms with van der Waals surface area (Å²) in [6.07, 6.45) is 11.1. The van der Waals surface area contributed by atoms with Crippen molar-refractivity contribution < 1.29 is 14.3 Å². The quantitative estimate of drug-likeness (QED) is 0.673. The van der Waals surface area contributed by atoms with Crippen molar-refractivity contribution >= 4 is 23.2 Å². The molecule has 0 spiro atoms. The standard InChI is InChI=1S/C24H35N3O3/c28-23(12-9-18-6-1-2-7-18)26-19-10-11-22(27-13-3-4-14-27)21(16-19)24(29)25-17-20-8-5-15-30-20/h10-11,16,18,20H,1-9,12-15,17H2,(H,25,29)(H,26,28)/t20-/m0/s1. The van der Waals surface area contributed by atoms with Crippen LogP contribution < -0.4 is 15.5 Å². The van der Waals surface area contributed by atoms with Gasteiger partial charge < -0.3 is 20.3 Å². The van der Waals surface area contributed by atoms with E-state index in [0.717, 1.165) is 57.5 Å². The van der Waals surface area contributed by atoms with Gasteiger partial charge in [-0.25, -0.2) is 0 Å². The summed E-state index contributed by atoms with van der Waals surface area (Å²) < 4.78 is 5.63. The number of hydrogen-bond acceptors (Lipinski definition) is 4. The summed E-state index contributed by atoms with van der Waals surface area (Å²) >= 11 is 0. The van der Waals surface area contributed by atoms with Crippen molar-refractivity contribution in [1.29, 1.82) is 0 Å². The van der Waals surface area contributed by atoms with Crippen LogP contribution in [0.5, 0.6) is 0 Å². The van der Waals surface area contributed by atoms with Crippen molar-refractivity contribution in [3.8, 4) is 0 Å². The normalized spacial score (nSPS) is 21.9. The lowest BCUT2D eigenvalue weighted by Gasteiger charge is -2.22. The molecule has 6 nitrogen and oxygen atoms in total. The number of carbonyl (C=O) groups is 2. The van der Waals surface area contributed by atoms with Gasteiger partial charge >= 0.3 is 0 Å². The first kappa shape index (κ1) is 21.2. The molecule has 0 aromatic heterocycles. The van der Waals surface area contributed by atoms with E-state index in [4.69, 9.17) is 4.74 Å². The molecular formula is C24H35N3O3. The highest BCUT2D eigenvalue weighted by molar-refractivity contribution is 6.02. The highest BCUT2D eigenvalue weighted by atomic mass is 16.5. The third kappa shape index (κ3) is 5.54. The predicted molar refractivity (Wildman–Crippen MR) is 119 cm³/mol. The fourth-order valence-corrected chi connectivity index (χ4v) is 4.99. The molecule has 3 fully saturated rings. The monoisotopic (exact) mass is 413 g/mol. The van der Waals surface area contributed by atoms with Crippen molar-refractivity contribution in [3.63, 3.8) is 0 Å². The van der Waals surface area contributed by atoms with Gasteiger partial charge in [0, 0.05) is 44.0 Å². The highest BCUT2D eigenvalue weighted by Crippen LogP contribution is 2.30. The number of benzene rings is 1. The molecule has 164 valence electrons. The summed E-state index contributed by atoms with van der Waals surface area (Å²) in [6, 6.07) is 5.75. The van der Waals surface area contributed by atoms with E-state index in [2.05, 4.69) is 15.5 Å². The minimum absolute atomic E-state index is 0.0431. The van der Waals surface area contributed by atoms with Crippen LogP contribution in [0, 0.1) is 5.92 Å². The molecule has 2 saturated heterocycles. The topological polar surface area (TPSA) is 70.7 Å². The Morgan fingerprint density at radius 2 is 1.83 bits per heavy atom. The second-order valence-corrected chi connectivity index (χ2v) is 9.01. The van der Waals surface area contributed by atoms with E-state index in [9.17, 15) is 9.59 Å². The van der Waals surface area contributed by atoms with E-state index in [1.54, 1.807) is 0 Å².